The van der Waals surface area contributed by atoms with Crippen molar-refractivity contribution in [2.75, 3.05) is 51.3 Å². The molecule has 2 aliphatic heterocycles. The van der Waals surface area contributed by atoms with Crippen molar-refractivity contribution in [2.24, 2.45) is 0 Å². The highest BCUT2D eigenvalue weighted by molar-refractivity contribution is 7.17. The van der Waals surface area contributed by atoms with E-state index in [4.69, 9.17) is 11.3 Å². The van der Waals surface area contributed by atoms with Gasteiger partial charge in [0.1, 0.15) is 29.8 Å². The predicted molar refractivity (Wildman–Crippen MR) is 168 cm³/mol. The normalized spacial score (nSPS) is 18.8. The summed E-state index contributed by atoms with van der Waals surface area (Å²) in [6, 6.07) is 12.9. The molecule has 0 saturated carbocycles. The largest absolute Gasteiger partial charge is 0.475 e. The van der Waals surface area contributed by atoms with Crippen molar-refractivity contribution in [3.8, 4) is 23.1 Å². The zero-order valence-electron chi connectivity index (χ0n) is 24.2. The Balaban J connectivity index is 1.50. The molecular formula is C33H30F2N6O2S. The average molecular weight is 613 g/mol. The van der Waals surface area contributed by atoms with Gasteiger partial charge in [-0.3, -0.25) is 4.79 Å². The first-order chi connectivity index (χ1) is 21.3. The number of hydrogen-bond donors (Lipinski definition) is 0. The monoisotopic (exact) mass is 612 g/mol. The molecule has 2 aromatic carbocycles. The van der Waals surface area contributed by atoms with Crippen LogP contribution in [0.1, 0.15) is 18.4 Å². The number of pyridine rings is 1. The molecule has 44 heavy (non-hydrogen) atoms. The fourth-order valence-corrected chi connectivity index (χ4v) is 7.15. The van der Waals surface area contributed by atoms with Crippen molar-refractivity contribution in [1.82, 2.24) is 14.8 Å². The van der Waals surface area contributed by atoms with Crippen LogP contribution in [-0.4, -0.2) is 79.2 Å². The van der Waals surface area contributed by atoms with Crippen LogP contribution < -0.4 is 9.64 Å². The van der Waals surface area contributed by atoms with Crippen LogP contribution in [-0.2, 0) is 4.79 Å². The summed E-state index contributed by atoms with van der Waals surface area (Å²) in [5, 5.41) is 13.8. The molecule has 6 rings (SSSR count). The van der Waals surface area contributed by atoms with Crippen LogP contribution in [0.25, 0.3) is 37.0 Å². The molecule has 8 nitrogen and oxygen atoms in total. The summed E-state index contributed by atoms with van der Waals surface area (Å²) < 4.78 is 37.7. The summed E-state index contributed by atoms with van der Waals surface area (Å²) in [7, 11) is 2.02. The Morgan fingerprint density at radius 3 is 2.77 bits per heavy atom. The number of halogens is 2. The van der Waals surface area contributed by atoms with Gasteiger partial charge in [0.25, 0.3) is 5.91 Å². The number of ether oxygens (including phenoxy) is 1. The number of likely N-dealkylation sites (tertiary alicyclic amines) is 1. The zero-order valence-corrected chi connectivity index (χ0v) is 25.0. The van der Waals surface area contributed by atoms with E-state index in [1.54, 1.807) is 23.5 Å². The molecule has 2 aliphatic rings. The van der Waals surface area contributed by atoms with E-state index in [9.17, 15) is 14.4 Å². The molecule has 1 amide bonds. The number of nitriles is 1. The Hall–Kier alpha value is -4.58. The molecular weight excluding hydrogens is 582 g/mol. The summed E-state index contributed by atoms with van der Waals surface area (Å²) in [6.07, 6.45) is 1.98. The molecule has 0 spiro atoms. The van der Waals surface area contributed by atoms with E-state index >= 15 is 4.39 Å². The highest BCUT2D eigenvalue weighted by Crippen LogP contribution is 2.41. The second-order valence-electron chi connectivity index (χ2n) is 11.1. The number of anilines is 1. The SMILES string of the molecule is [C-]#[N+]C[C@H]1CN(c2c(C#N)c(OC[C@@H]3CCCN3C)nc3c(F)c(-c4cccc5sccc45)ccc23)CCN1C(=O)C(=C)F. The second kappa shape index (κ2) is 12.2. The van der Waals surface area contributed by atoms with Gasteiger partial charge in [-0.2, -0.15) is 5.26 Å². The molecule has 0 bridgehead atoms. The lowest BCUT2D eigenvalue weighted by Gasteiger charge is -2.40. The van der Waals surface area contributed by atoms with Gasteiger partial charge in [-0.1, -0.05) is 24.8 Å². The maximum Gasteiger partial charge on any atom is 0.282 e. The van der Waals surface area contributed by atoms with Gasteiger partial charge in [0.2, 0.25) is 12.4 Å². The van der Waals surface area contributed by atoms with E-state index < -0.39 is 23.6 Å². The number of carbonyl (C=O) groups is 1. The minimum Gasteiger partial charge on any atom is -0.475 e. The molecule has 4 aromatic rings. The highest BCUT2D eigenvalue weighted by atomic mass is 32.1. The third kappa shape index (κ3) is 5.23. The quantitative estimate of drug-likeness (QED) is 0.188. The summed E-state index contributed by atoms with van der Waals surface area (Å²) in [4.78, 5) is 26.0. The third-order valence-corrected chi connectivity index (χ3v) is 9.49. The number of carbonyl (C=O) groups excluding carboxylic acids is 1. The number of aromatic nitrogens is 1. The first-order valence-corrected chi connectivity index (χ1v) is 15.3. The standard InChI is InChI=1S/C33H30F2N6O2S/c1-20(34)33(42)41-14-13-40(18-22(41)17-37-2)31-26-10-9-25(23-7-4-8-28-24(23)11-15-44-28)29(35)30(26)38-32(27(31)16-36)43-19-21-6-5-12-39(21)3/h4,7-11,15,21-22H,1,5-6,12-14,17-19H2,3H3/t21-,22-/m0/s1. The lowest BCUT2D eigenvalue weighted by atomic mass is 9.97. The smallest absolute Gasteiger partial charge is 0.282 e. The van der Waals surface area contributed by atoms with Gasteiger partial charge in [-0.05, 0) is 55.6 Å². The van der Waals surface area contributed by atoms with E-state index in [1.807, 2.05) is 41.6 Å². The Kier molecular flexibility index (Phi) is 8.17. The van der Waals surface area contributed by atoms with Crippen molar-refractivity contribution >= 4 is 43.9 Å². The number of likely N-dealkylation sites (N-methyl/N-ethyl adjacent to an activating group) is 1. The van der Waals surface area contributed by atoms with Crippen molar-refractivity contribution in [1.29, 1.82) is 5.26 Å². The van der Waals surface area contributed by atoms with Crippen LogP contribution in [0.2, 0.25) is 0 Å². The molecule has 0 unspecified atom stereocenters. The van der Waals surface area contributed by atoms with Crippen LogP contribution in [0.4, 0.5) is 14.5 Å². The molecule has 0 aliphatic carbocycles. The highest BCUT2D eigenvalue weighted by Gasteiger charge is 2.36. The topological polar surface area (TPSA) is 77.1 Å². The summed E-state index contributed by atoms with van der Waals surface area (Å²) in [6.45, 7) is 12.2. The first kappa shape index (κ1) is 29.5. The lowest BCUT2D eigenvalue weighted by molar-refractivity contribution is -0.131. The number of nitrogens with zero attached hydrogens (tertiary/aromatic N) is 6. The van der Waals surface area contributed by atoms with Crippen LogP contribution >= 0.6 is 11.3 Å². The molecule has 2 atom stereocenters. The number of rotatable bonds is 7. The fourth-order valence-electron chi connectivity index (χ4n) is 6.34. The minimum atomic E-state index is -1.09. The van der Waals surface area contributed by atoms with E-state index in [0.29, 0.717) is 23.2 Å². The van der Waals surface area contributed by atoms with Gasteiger partial charge in [-0.25, -0.2) is 20.3 Å². The van der Waals surface area contributed by atoms with Crippen molar-refractivity contribution in [2.45, 2.75) is 24.9 Å². The van der Waals surface area contributed by atoms with Gasteiger partial charge >= 0.3 is 0 Å². The molecule has 0 radical (unpaired) electrons. The van der Waals surface area contributed by atoms with Crippen molar-refractivity contribution in [3.05, 3.63) is 77.0 Å². The molecule has 224 valence electrons. The van der Waals surface area contributed by atoms with Crippen molar-refractivity contribution < 1.29 is 18.3 Å². The van der Waals surface area contributed by atoms with Gasteiger partial charge in [-0.15, -0.1) is 11.3 Å². The van der Waals surface area contributed by atoms with Crippen LogP contribution in [0, 0.1) is 23.7 Å². The molecule has 4 heterocycles. The Morgan fingerprint density at radius 1 is 1.20 bits per heavy atom. The first-order valence-electron chi connectivity index (χ1n) is 14.4. The van der Waals surface area contributed by atoms with E-state index in [1.165, 1.54) is 4.90 Å². The third-order valence-electron chi connectivity index (χ3n) is 8.61. The summed E-state index contributed by atoms with van der Waals surface area (Å²) in [5.74, 6) is -2.45. The van der Waals surface area contributed by atoms with E-state index in [0.717, 1.165) is 35.0 Å². The Morgan fingerprint density at radius 2 is 2.05 bits per heavy atom. The molecule has 0 N–H and O–H groups in total. The predicted octanol–water partition coefficient (Wildman–Crippen LogP) is 6.02. The molecule has 11 heteroatoms. The maximum atomic E-state index is 16.6. The number of thiophene rings is 1. The average Bonchev–Trinajstić information content (AvgIpc) is 3.68. The van der Waals surface area contributed by atoms with E-state index in [-0.39, 0.29) is 49.2 Å². The van der Waals surface area contributed by atoms with Crippen molar-refractivity contribution in [3.63, 3.8) is 0 Å². The zero-order chi connectivity index (χ0) is 31.0. The number of hydrogen-bond acceptors (Lipinski definition) is 7. The molecule has 2 aromatic heterocycles. The number of piperazine rings is 1. The number of fused-ring (bicyclic) bond motifs is 2. The minimum absolute atomic E-state index is 0.0393. The summed E-state index contributed by atoms with van der Waals surface area (Å²) in [5.41, 5.74) is 1.76. The number of benzene rings is 2. The van der Waals surface area contributed by atoms with Crippen LogP contribution in [0.3, 0.4) is 0 Å². The maximum absolute atomic E-state index is 16.6. The van der Waals surface area contributed by atoms with Gasteiger partial charge in [0.05, 0.1) is 5.69 Å². The second-order valence-corrected chi connectivity index (χ2v) is 12.1. The van der Waals surface area contributed by atoms with E-state index in [2.05, 4.69) is 27.4 Å². The molecule has 2 saturated heterocycles. The van der Waals surface area contributed by atoms with Gasteiger partial charge in [0.15, 0.2) is 11.6 Å². The molecule has 2 fully saturated rings. The van der Waals surface area contributed by atoms with Crippen LogP contribution in [0.5, 0.6) is 5.88 Å². The lowest BCUT2D eigenvalue weighted by Crippen LogP contribution is -2.56. The Labute approximate surface area is 258 Å². The van der Waals surface area contributed by atoms with Gasteiger partial charge < -0.3 is 24.3 Å². The van der Waals surface area contributed by atoms with Crippen LogP contribution in [0.15, 0.2) is 54.2 Å². The summed E-state index contributed by atoms with van der Waals surface area (Å²) >= 11 is 1.58. The fraction of sp³-hybridized carbons (Fsp3) is 0.333. The number of amides is 1. The Bertz CT molecular complexity index is 1860. The van der Waals surface area contributed by atoms with Gasteiger partial charge in [0, 0.05) is 46.7 Å².